The highest BCUT2D eigenvalue weighted by Gasteiger charge is 2.26. The zero-order valence-electron chi connectivity index (χ0n) is 18.6. The number of amides is 1. The molecule has 32 heavy (non-hydrogen) atoms. The highest BCUT2D eigenvalue weighted by molar-refractivity contribution is 7.89. The second kappa shape index (κ2) is 8.88. The quantitative estimate of drug-likeness (QED) is 0.589. The van der Waals surface area contributed by atoms with E-state index in [0.717, 1.165) is 34.4 Å². The van der Waals surface area contributed by atoms with Gasteiger partial charge in [0.15, 0.2) is 0 Å². The van der Waals surface area contributed by atoms with Crippen LogP contribution >= 0.6 is 0 Å². The van der Waals surface area contributed by atoms with Crippen LogP contribution < -0.4 is 9.62 Å². The third-order valence-electron chi connectivity index (χ3n) is 5.91. The van der Waals surface area contributed by atoms with Gasteiger partial charge >= 0.3 is 0 Å². The number of benzene rings is 3. The molecule has 1 aliphatic heterocycles. The van der Waals surface area contributed by atoms with Crippen molar-refractivity contribution in [2.24, 2.45) is 0 Å². The number of aryl methyl sites for hydroxylation is 1. The van der Waals surface area contributed by atoms with Crippen molar-refractivity contribution in [3.05, 3.63) is 94.5 Å². The van der Waals surface area contributed by atoms with E-state index in [4.69, 9.17) is 0 Å². The fourth-order valence-electron chi connectivity index (χ4n) is 3.92. The summed E-state index contributed by atoms with van der Waals surface area (Å²) in [6.45, 7) is 6.97. The molecule has 4 rings (SSSR count). The fraction of sp³-hybridized carbons (Fsp3) is 0.269. The summed E-state index contributed by atoms with van der Waals surface area (Å²) in [4.78, 5) is 15.0. The van der Waals surface area contributed by atoms with E-state index in [1.54, 1.807) is 17.0 Å². The van der Waals surface area contributed by atoms with Gasteiger partial charge in [-0.1, -0.05) is 55.8 Å². The van der Waals surface area contributed by atoms with Gasteiger partial charge in [-0.3, -0.25) is 4.79 Å². The predicted octanol–water partition coefficient (Wildman–Crippen LogP) is 4.80. The first kappa shape index (κ1) is 22.2. The molecule has 0 bridgehead atoms. The Morgan fingerprint density at radius 2 is 1.69 bits per heavy atom. The Hall–Kier alpha value is -2.96. The molecule has 0 saturated heterocycles. The van der Waals surface area contributed by atoms with E-state index in [2.05, 4.69) is 18.6 Å². The van der Waals surface area contributed by atoms with E-state index in [1.807, 2.05) is 61.5 Å². The average Bonchev–Trinajstić information content (AvgIpc) is 3.21. The number of rotatable bonds is 6. The number of nitrogens with zero attached hydrogens (tertiary/aromatic N) is 1. The van der Waals surface area contributed by atoms with Gasteiger partial charge in [-0.15, -0.1) is 0 Å². The highest BCUT2D eigenvalue weighted by Crippen LogP contribution is 2.30. The summed E-state index contributed by atoms with van der Waals surface area (Å²) >= 11 is 0. The Kier molecular flexibility index (Phi) is 6.17. The van der Waals surface area contributed by atoms with Gasteiger partial charge in [-0.25, -0.2) is 13.1 Å². The molecule has 0 fully saturated rings. The van der Waals surface area contributed by atoms with Crippen molar-refractivity contribution in [2.45, 2.75) is 44.6 Å². The molecule has 0 radical (unpaired) electrons. The van der Waals surface area contributed by atoms with Gasteiger partial charge in [0.25, 0.3) is 5.91 Å². The summed E-state index contributed by atoms with van der Waals surface area (Å²) in [7, 11) is -3.59. The van der Waals surface area contributed by atoms with E-state index >= 15 is 0 Å². The minimum absolute atomic E-state index is 0.0120. The van der Waals surface area contributed by atoms with Crippen LogP contribution in [0, 0.1) is 6.92 Å². The Balaban J connectivity index is 1.45. The molecule has 0 atom stereocenters. The van der Waals surface area contributed by atoms with Gasteiger partial charge in [0.05, 0.1) is 4.90 Å². The van der Waals surface area contributed by atoms with Gasteiger partial charge < -0.3 is 4.90 Å². The monoisotopic (exact) mass is 448 g/mol. The maximum atomic E-state index is 12.9. The molecule has 6 heteroatoms. The molecule has 1 amide bonds. The van der Waals surface area contributed by atoms with E-state index in [0.29, 0.717) is 18.0 Å². The number of nitrogens with one attached hydrogen (secondary N) is 1. The molecule has 1 heterocycles. The molecule has 0 unspecified atom stereocenters. The van der Waals surface area contributed by atoms with E-state index in [-0.39, 0.29) is 17.3 Å². The lowest BCUT2D eigenvalue weighted by molar-refractivity contribution is 0.0989. The minimum atomic E-state index is -3.59. The Morgan fingerprint density at radius 3 is 2.34 bits per heavy atom. The number of hydrogen-bond acceptors (Lipinski definition) is 3. The molecular formula is C26H28N2O3S. The Bertz CT molecular complexity index is 1230. The smallest absolute Gasteiger partial charge is 0.258 e. The number of sulfonamides is 1. The fourth-order valence-corrected chi connectivity index (χ4v) is 4.94. The third-order valence-corrected chi connectivity index (χ3v) is 7.32. The minimum Gasteiger partial charge on any atom is -0.308 e. The van der Waals surface area contributed by atoms with Crippen molar-refractivity contribution in [1.29, 1.82) is 0 Å². The second-order valence-corrected chi connectivity index (χ2v) is 10.4. The summed E-state index contributed by atoms with van der Waals surface area (Å²) in [6, 6.07) is 20.4. The van der Waals surface area contributed by atoms with E-state index < -0.39 is 10.0 Å². The van der Waals surface area contributed by atoms with E-state index in [9.17, 15) is 13.2 Å². The number of carbonyl (C=O) groups excluding carboxylic acids is 1. The van der Waals surface area contributed by atoms with Gasteiger partial charge in [0.2, 0.25) is 10.0 Å². The first-order valence-electron chi connectivity index (χ1n) is 10.8. The van der Waals surface area contributed by atoms with Crippen LogP contribution in [0.3, 0.4) is 0 Å². The van der Waals surface area contributed by atoms with Crippen LogP contribution in [-0.4, -0.2) is 20.9 Å². The van der Waals surface area contributed by atoms with Crippen molar-refractivity contribution in [2.75, 3.05) is 11.4 Å². The molecule has 1 N–H and O–H groups in total. The summed E-state index contributed by atoms with van der Waals surface area (Å²) < 4.78 is 28.0. The molecule has 3 aromatic carbocycles. The normalized spacial score (nSPS) is 13.4. The molecule has 0 saturated carbocycles. The standard InChI is InChI=1S/C26H28N2O3S/c1-18(2)21-9-11-24(12-10-21)32(30,31)27-17-20-6-13-25-23(16-20)14-15-28(25)26(29)22-7-4-19(3)5-8-22/h4-13,16,18,27H,14-15,17H2,1-3H3. The molecule has 0 aliphatic carbocycles. The van der Waals surface area contributed by atoms with Crippen molar-refractivity contribution >= 4 is 21.6 Å². The van der Waals surface area contributed by atoms with Crippen LogP contribution in [-0.2, 0) is 23.0 Å². The average molecular weight is 449 g/mol. The number of anilines is 1. The summed E-state index contributed by atoms with van der Waals surface area (Å²) in [5.74, 6) is 0.339. The molecule has 1 aliphatic rings. The van der Waals surface area contributed by atoms with Crippen molar-refractivity contribution in [3.63, 3.8) is 0 Å². The van der Waals surface area contributed by atoms with Crippen molar-refractivity contribution in [1.82, 2.24) is 4.72 Å². The van der Waals surface area contributed by atoms with Gasteiger partial charge in [-0.2, -0.15) is 0 Å². The predicted molar refractivity (Wildman–Crippen MR) is 128 cm³/mol. The maximum Gasteiger partial charge on any atom is 0.258 e. The summed E-state index contributed by atoms with van der Waals surface area (Å²) in [6.07, 6.45) is 0.754. The molecule has 166 valence electrons. The SMILES string of the molecule is Cc1ccc(C(=O)N2CCc3cc(CNS(=O)(=O)c4ccc(C(C)C)cc4)ccc32)cc1. The lowest BCUT2D eigenvalue weighted by Gasteiger charge is -2.18. The molecular weight excluding hydrogens is 420 g/mol. The highest BCUT2D eigenvalue weighted by atomic mass is 32.2. The first-order chi connectivity index (χ1) is 15.2. The third kappa shape index (κ3) is 4.61. The molecule has 5 nitrogen and oxygen atoms in total. The lowest BCUT2D eigenvalue weighted by Crippen LogP contribution is -2.28. The number of hydrogen-bond donors (Lipinski definition) is 1. The molecule has 3 aromatic rings. The number of fused-ring (bicyclic) bond motifs is 1. The van der Waals surface area contributed by atoms with Crippen molar-refractivity contribution < 1.29 is 13.2 Å². The Morgan fingerprint density at radius 1 is 1.00 bits per heavy atom. The van der Waals surface area contributed by atoms with Crippen LogP contribution in [0.25, 0.3) is 0 Å². The Labute approximate surface area is 190 Å². The zero-order chi connectivity index (χ0) is 22.9. The van der Waals surface area contributed by atoms with Crippen LogP contribution in [0.2, 0.25) is 0 Å². The van der Waals surface area contributed by atoms with Crippen LogP contribution in [0.15, 0.2) is 71.6 Å². The van der Waals surface area contributed by atoms with Gasteiger partial charge in [0.1, 0.15) is 0 Å². The maximum absolute atomic E-state index is 12.9. The summed E-state index contributed by atoms with van der Waals surface area (Å²) in [5.41, 5.74) is 5.72. The second-order valence-electron chi connectivity index (χ2n) is 8.58. The van der Waals surface area contributed by atoms with Crippen LogP contribution in [0.1, 0.15) is 52.4 Å². The zero-order valence-corrected chi connectivity index (χ0v) is 19.4. The van der Waals surface area contributed by atoms with Crippen LogP contribution in [0.4, 0.5) is 5.69 Å². The molecule has 0 aromatic heterocycles. The molecule has 0 spiro atoms. The van der Waals surface area contributed by atoms with E-state index in [1.165, 1.54) is 0 Å². The first-order valence-corrected chi connectivity index (χ1v) is 12.3. The topological polar surface area (TPSA) is 66.5 Å². The summed E-state index contributed by atoms with van der Waals surface area (Å²) in [5, 5.41) is 0. The van der Waals surface area contributed by atoms with Crippen molar-refractivity contribution in [3.8, 4) is 0 Å². The van der Waals surface area contributed by atoms with Gasteiger partial charge in [0, 0.05) is 24.3 Å². The number of carbonyl (C=O) groups is 1. The lowest BCUT2D eigenvalue weighted by atomic mass is 10.0. The largest absolute Gasteiger partial charge is 0.308 e. The van der Waals surface area contributed by atoms with Crippen LogP contribution in [0.5, 0.6) is 0 Å². The van der Waals surface area contributed by atoms with Gasteiger partial charge in [-0.05, 0) is 66.3 Å².